The SMILES string of the molecule is CC(C)c1cnc(-c2ccc(F)cc2)nc1Nc1ccnc2[nH]cc(C(=O)C(=O)N3CCNCC3C)c12. The van der Waals surface area contributed by atoms with Gasteiger partial charge in [0.15, 0.2) is 5.82 Å². The number of carbonyl (C=O) groups is 2. The number of rotatable bonds is 6. The predicted molar refractivity (Wildman–Crippen MR) is 139 cm³/mol. The zero-order chi connectivity index (χ0) is 26.1. The van der Waals surface area contributed by atoms with E-state index in [0.717, 1.165) is 5.56 Å². The standard InChI is InChI=1S/C27H28FN7O2/c1-15(2)19-13-31-24(17-4-6-18(28)7-5-17)34-25(19)33-21-8-9-30-26-22(21)20(14-32-26)23(36)27(37)35-11-10-29-12-16(35)3/h4-9,13-16,29H,10-12H2,1-3H3,(H2,30,31,32,33,34). The number of aromatic nitrogens is 4. The highest BCUT2D eigenvalue weighted by molar-refractivity contribution is 6.45. The average Bonchev–Trinajstić information content (AvgIpc) is 3.34. The van der Waals surface area contributed by atoms with Crippen LogP contribution in [0.1, 0.15) is 42.6 Å². The molecule has 4 aromatic rings. The van der Waals surface area contributed by atoms with Gasteiger partial charge in [0.05, 0.1) is 16.6 Å². The van der Waals surface area contributed by atoms with E-state index in [4.69, 9.17) is 4.98 Å². The van der Waals surface area contributed by atoms with E-state index in [9.17, 15) is 14.0 Å². The second kappa shape index (κ2) is 10.1. The van der Waals surface area contributed by atoms with Crippen molar-refractivity contribution in [2.75, 3.05) is 25.0 Å². The van der Waals surface area contributed by atoms with E-state index in [0.29, 0.717) is 53.6 Å². The first-order valence-corrected chi connectivity index (χ1v) is 12.3. The van der Waals surface area contributed by atoms with Gasteiger partial charge in [0.1, 0.15) is 17.3 Å². The van der Waals surface area contributed by atoms with Crippen molar-refractivity contribution in [1.29, 1.82) is 0 Å². The molecule has 190 valence electrons. The third kappa shape index (κ3) is 4.79. The molecule has 0 aliphatic carbocycles. The van der Waals surface area contributed by atoms with Crippen LogP contribution in [0.3, 0.4) is 0 Å². The Hall–Kier alpha value is -4.18. The van der Waals surface area contributed by atoms with Crippen molar-refractivity contribution in [3.63, 3.8) is 0 Å². The molecule has 9 nitrogen and oxygen atoms in total. The number of hydrogen-bond acceptors (Lipinski definition) is 7. The maximum absolute atomic E-state index is 13.4. The number of nitrogens with one attached hydrogen (secondary N) is 3. The van der Waals surface area contributed by atoms with Crippen molar-refractivity contribution >= 4 is 34.2 Å². The number of fused-ring (bicyclic) bond motifs is 1. The molecule has 0 radical (unpaired) electrons. The number of H-pyrrole nitrogens is 1. The Bertz CT molecular complexity index is 1470. The van der Waals surface area contributed by atoms with E-state index in [1.165, 1.54) is 18.3 Å². The van der Waals surface area contributed by atoms with E-state index in [1.807, 2.05) is 20.8 Å². The minimum Gasteiger partial charge on any atom is -0.345 e. The number of pyridine rings is 1. The minimum absolute atomic E-state index is 0.0781. The van der Waals surface area contributed by atoms with Crippen LogP contribution in [-0.4, -0.2) is 62.2 Å². The molecule has 1 saturated heterocycles. The number of nitrogens with zero attached hydrogens (tertiary/aromatic N) is 4. The lowest BCUT2D eigenvalue weighted by Gasteiger charge is -2.33. The van der Waals surface area contributed by atoms with Crippen molar-refractivity contribution < 1.29 is 14.0 Å². The quantitative estimate of drug-likeness (QED) is 0.270. The van der Waals surface area contributed by atoms with Gasteiger partial charge in [-0.2, -0.15) is 0 Å². The largest absolute Gasteiger partial charge is 0.345 e. The summed E-state index contributed by atoms with van der Waals surface area (Å²) in [5.74, 6) is -0.369. The molecule has 0 bridgehead atoms. The summed E-state index contributed by atoms with van der Waals surface area (Å²) < 4.78 is 13.4. The molecule has 1 aliphatic rings. The van der Waals surface area contributed by atoms with Crippen LogP contribution in [0.25, 0.3) is 22.4 Å². The molecule has 0 saturated carbocycles. The fourth-order valence-corrected chi connectivity index (χ4v) is 4.51. The van der Waals surface area contributed by atoms with Gasteiger partial charge in [-0.3, -0.25) is 9.59 Å². The molecule has 10 heteroatoms. The second-order valence-electron chi connectivity index (χ2n) is 9.45. The Morgan fingerprint density at radius 2 is 1.95 bits per heavy atom. The molecule has 3 aromatic heterocycles. The normalized spacial score (nSPS) is 15.8. The number of hydrogen-bond donors (Lipinski definition) is 3. The smallest absolute Gasteiger partial charge is 0.295 e. The van der Waals surface area contributed by atoms with Crippen molar-refractivity contribution in [3.8, 4) is 11.4 Å². The van der Waals surface area contributed by atoms with Crippen molar-refractivity contribution in [2.45, 2.75) is 32.7 Å². The summed E-state index contributed by atoms with van der Waals surface area (Å²) in [7, 11) is 0. The first-order chi connectivity index (χ1) is 17.8. The molecule has 37 heavy (non-hydrogen) atoms. The lowest BCUT2D eigenvalue weighted by molar-refractivity contribution is -0.129. The van der Waals surface area contributed by atoms with Gasteiger partial charge in [0.2, 0.25) is 0 Å². The van der Waals surface area contributed by atoms with E-state index in [1.54, 1.807) is 35.5 Å². The summed E-state index contributed by atoms with van der Waals surface area (Å²) in [6.07, 6.45) is 4.89. The van der Waals surface area contributed by atoms with Gasteiger partial charge in [0, 0.05) is 55.4 Å². The second-order valence-corrected chi connectivity index (χ2v) is 9.45. The molecule has 1 unspecified atom stereocenters. The first kappa shape index (κ1) is 24.5. The highest BCUT2D eigenvalue weighted by Gasteiger charge is 2.31. The lowest BCUT2D eigenvalue weighted by Crippen LogP contribution is -2.54. The Kier molecular flexibility index (Phi) is 6.66. The number of carbonyl (C=O) groups excluding carboxylic acids is 2. The van der Waals surface area contributed by atoms with Gasteiger partial charge in [-0.25, -0.2) is 19.3 Å². The van der Waals surface area contributed by atoms with Crippen LogP contribution < -0.4 is 10.6 Å². The Labute approximate surface area is 213 Å². The molecule has 1 amide bonds. The molecule has 1 aromatic carbocycles. The van der Waals surface area contributed by atoms with E-state index in [2.05, 4.69) is 25.6 Å². The van der Waals surface area contributed by atoms with Gasteiger partial charge >= 0.3 is 0 Å². The van der Waals surface area contributed by atoms with Crippen molar-refractivity contribution in [3.05, 3.63) is 65.9 Å². The van der Waals surface area contributed by atoms with Crippen LogP contribution in [-0.2, 0) is 4.79 Å². The van der Waals surface area contributed by atoms with Crippen LogP contribution >= 0.6 is 0 Å². The summed E-state index contributed by atoms with van der Waals surface area (Å²) in [6.45, 7) is 7.74. The lowest BCUT2D eigenvalue weighted by atomic mass is 10.0. The Balaban J connectivity index is 1.54. The maximum atomic E-state index is 13.4. The number of Topliss-reactive ketones (excluding diaryl/α,β-unsaturated/α-hetero) is 1. The molecular weight excluding hydrogens is 473 g/mol. The highest BCUT2D eigenvalue weighted by atomic mass is 19.1. The maximum Gasteiger partial charge on any atom is 0.295 e. The van der Waals surface area contributed by atoms with Gasteiger partial charge in [0.25, 0.3) is 11.7 Å². The molecule has 5 rings (SSSR count). The summed E-state index contributed by atoms with van der Waals surface area (Å²) in [6, 6.07) is 7.64. The van der Waals surface area contributed by atoms with Crippen LogP contribution in [0.5, 0.6) is 0 Å². The van der Waals surface area contributed by atoms with Crippen molar-refractivity contribution in [1.82, 2.24) is 30.2 Å². The van der Waals surface area contributed by atoms with Crippen LogP contribution in [0, 0.1) is 5.82 Å². The number of piperazine rings is 1. The minimum atomic E-state index is -0.588. The first-order valence-electron chi connectivity index (χ1n) is 12.3. The van der Waals surface area contributed by atoms with Gasteiger partial charge in [-0.1, -0.05) is 13.8 Å². The molecule has 3 N–H and O–H groups in total. The Morgan fingerprint density at radius 1 is 1.16 bits per heavy atom. The summed E-state index contributed by atoms with van der Waals surface area (Å²) in [5, 5.41) is 7.10. The predicted octanol–water partition coefficient (Wildman–Crippen LogP) is 4.03. The zero-order valence-electron chi connectivity index (χ0n) is 20.9. The topological polar surface area (TPSA) is 116 Å². The summed E-state index contributed by atoms with van der Waals surface area (Å²) in [5.41, 5.74) is 2.85. The van der Waals surface area contributed by atoms with Gasteiger partial charge in [-0.05, 0) is 43.2 Å². The van der Waals surface area contributed by atoms with Gasteiger partial charge < -0.3 is 20.5 Å². The number of anilines is 2. The molecule has 1 fully saturated rings. The van der Waals surface area contributed by atoms with Crippen LogP contribution in [0.15, 0.2) is 48.9 Å². The van der Waals surface area contributed by atoms with E-state index in [-0.39, 0.29) is 23.3 Å². The molecule has 4 heterocycles. The van der Waals surface area contributed by atoms with Crippen molar-refractivity contribution in [2.24, 2.45) is 0 Å². The van der Waals surface area contributed by atoms with Gasteiger partial charge in [-0.15, -0.1) is 0 Å². The molecule has 1 aliphatic heterocycles. The molecule has 0 spiro atoms. The third-order valence-electron chi connectivity index (χ3n) is 6.57. The van der Waals surface area contributed by atoms with Crippen LogP contribution in [0.2, 0.25) is 0 Å². The number of ketones is 1. The third-order valence-corrected chi connectivity index (χ3v) is 6.57. The number of aromatic amines is 1. The number of benzene rings is 1. The molecular formula is C27H28FN7O2. The van der Waals surface area contributed by atoms with E-state index < -0.39 is 11.7 Å². The number of halogens is 1. The fourth-order valence-electron chi connectivity index (χ4n) is 4.51. The van der Waals surface area contributed by atoms with Crippen LogP contribution in [0.4, 0.5) is 15.9 Å². The average molecular weight is 502 g/mol. The zero-order valence-corrected chi connectivity index (χ0v) is 20.9. The Morgan fingerprint density at radius 3 is 2.68 bits per heavy atom. The molecule has 1 atom stereocenters. The summed E-state index contributed by atoms with van der Waals surface area (Å²) in [4.78, 5) is 44.7. The number of amides is 1. The monoisotopic (exact) mass is 501 g/mol. The van der Waals surface area contributed by atoms with E-state index >= 15 is 0 Å². The highest BCUT2D eigenvalue weighted by Crippen LogP contribution is 2.32. The fraction of sp³-hybridized carbons (Fsp3) is 0.296. The summed E-state index contributed by atoms with van der Waals surface area (Å²) >= 11 is 0.